The largest absolute Gasteiger partial charge is 0.319 e. The number of carbonyl (C=O) groups excluding carboxylic acids is 1. The molecule has 1 aliphatic rings. The maximum atomic E-state index is 14.4. The molecule has 3 rings (SSSR count). The van der Waals surface area contributed by atoms with Gasteiger partial charge >= 0.3 is 0 Å². The van der Waals surface area contributed by atoms with Crippen LogP contribution in [0.4, 0.5) is 14.5 Å². The maximum Gasteiger partial charge on any atom is 0.284 e. The van der Waals surface area contributed by atoms with E-state index in [1.165, 1.54) is 13.0 Å². The summed E-state index contributed by atoms with van der Waals surface area (Å²) in [5.41, 5.74) is 1.32. The minimum atomic E-state index is -1.03. The summed E-state index contributed by atoms with van der Waals surface area (Å²) in [4.78, 5) is 12.1. The first kappa shape index (κ1) is 21.2. The van der Waals surface area contributed by atoms with Gasteiger partial charge in [-0.2, -0.15) is 0 Å². The van der Waals surface area contributed by atoms with E-state index in [1.807, 2.05) is 18.2 Å². The van der Waals surface area contributed by atoms with E-state index >= 15 is 0 Å². The van der Waals surface area contributed by atoms with Crippen LogP contribution < -0.4 is 5.32 Å². The maximum absolute atomic E-state index is 14.4. The van der Waals surface area contributed by atoms with E-state index in [0.29, 0.717) is 10.7 Å². The molecule has 1 fully saturated rings. The van der Waals surface area contributed by atoms with E-state index < -0.39 is 17.9 Å². The Bertz CT molecular complexity index is 977. The highest BCUT2D eigenvalue weighted by Crippen LogP contribution is 2.52. The van der Waals surface area contributed by atoms with Crippen LogP contribution in [0.2, 0.25) is 5.02 Å². The van der Waals surface area contributed by atoms with E-state index in [2.05, 4.69) is 37.2 Å². The van der Waals surface area contributed by atoms with Gasteiger partial charge in [-0.25, -0.2) is 8.78 Å². The van der Waals surface area contributed by atoms with Crippen molar-refractivity contribution in [1.29, 1.82) is 0 Å². The van der Waals surface area contributed by atoms with Gasteiger partial charge in [-0.05, 0) is 74.2 Å². The third-order valence-corrected chi connectivity index (χ3v) is 6.76. The van der Waals surface area contributed by atoms with Crippen LogP contribution in [0, 0.1) is 5.92 Å². The van der Waals surface area contributed by atoms with Gasteiger partial charge in [-0.15, -0.1) is 0 Å². The molecule has 1 N–H and O–H groups in total. The van der Waals surface area contributed by atoms with Crippen molar-refractivity contribution in [1.82, 2.24) is 0 Å². The number of anilines is 1. The number of nitrogens with one attached hydrogen (secondary N) is 1. The van der Waals surface area contributed by atoms with Crippen molar-refractivity contribution in [2.75, 3.05) is 5.32 Å². The molecule has 0 radical (unpaired) electrons. The molecule has 1 saturated carbocycles. The molecule has 0 spiro atoms. The molecule has 1 aliphatic carbocycles. The van der Waals surface area contributed by atoms with Crippen LogP contribution in [0.5, 0.6) is 0 Å². The predicted molar refractivity (Wildman–Crippen MR) is 116 cm³/mol. The Balaban J connectivity index is 1.68. The molecule has 0 aliphatic heterocycles. The van der Waals surface area contributed by atoms with Crippen LogP contribution in [0.3, 0.4) is 0 Å². The van der Waals surface area contributed by atoms with Crippen LogP contribution in [-0.2, 0) is 4.79 Å². The number of allylic oxidation sites excluding steroid dienone is 3. The summed E-state index contributed by atoms with van der Waals surface area (Å²) in [7, 11) is 0. The third-order valence-electron chi connectivity index (χ3n) is 4.55. The molecule has 7 heteroatoms. The SMILES string of the molecule is CC(/C=C/C1C(F)C1c1ccc(Br)c(Br)c1)=C(\F)C(=O)Nc1ccccc1Cl. The number of hydrogen-bond acceptors (Lipinski definition) is 1. The minimum Gasteiger partial charge on any atom is -0.319 e. The monoisotopic (exact) mass is 529 g/mol. The highest BCUT2D eigenvalue weighted by atomic mass is 79.9. The number of halogens is 5. The van der Waals surface area contributed by atoms with Gasteiger partial charge in [0.05, 0.1) is 10.7 Å². The fourth-order valence-electron chi connectivity index (χ4n) is 2.89. The van der Waals surface area contributed by atoms with Crippen molar-refractivity contribution in [3.63, 3.8) is 0 Å². The number of benzene rings is 2. The second-order valence-electron chi connectivity index (χ2n) is 6.51. The Hall–Kier alpha value is -1.50. The Kier molecular flexibility index (Phi) is 6.73. The summed E-state index contributed by atoms with van der Waals surface area (Å²) >= 11 is 12.8. The molecule has 28 heavy (non-hydrogen) atoms. The zero-order valence-electron chi connectivity index (χ0n) is 14.7. The first-order valence-electron chi connectivity index (χ1n) is 8.49. The molecule has 1 amide bonds. The highest BCUT2D eigenvalue weighted by molar-refractivity contribution is 9.13. The molecular formula is C21H16Br2ClF2NO. The van der Waals surface area contributed by atoms with E-state index in [4.69, 9.17) is 11.6 Å². The van der Waals surface area contributed by atoms with Gasteiger partial charge in [-0.1, -0.05) is 42.0 Å². The van der Waals surface area contributed by atoms with E-state index in [1.54, 1.807) is 30.3 Å². The van der Waals surface area contributed by atoms with Crippen LogP contribution in [-0.4, -0.2) is 12.1 Å². The lowest BCUT2D eigenvalue weighted by molar-refractivity contribution is -0.114. The van der Waals surface area contributed by atoms with Gasteiger partial charge < -0.3 is 5.32 Å². The lowest BCUT2D eigenvalue weighted by atomic mass is 10.1. The van der Waals surface area contributed by atoms with Crippen LogP contribution in [0.25, 0.3) is 0 Å². The van der Waals surface area contributed by atoms with Crippen molar-refractivity contribution in [3.8, 4) is 0 Å². The van der Waals surface area contributed by atoms with Gasteiger partial charge in [0, 0.05) is 20.8 Å². The van der Waals surface area contributed by atoms with Crippen LogP contribution in [0.15, 0.2) is 75.0 Å². The van der Waals surface area contributed by atoms with Gasteiger partial charge in [0.15, 0.2) is 5.83 Å². The number of para-hydroxylation sites is 1. The van der Waals surface area contributed by atoms with E-state index in [0.717, 1.165) is 14.5 Å². The molecule has 0 heterocycles. The smallest absolute Gasteiger partial charge is 0.284 e. The molecule has 0 aromatic heterocycles. The normalized spacial score (nSPS) is 22.1. The summed E-state index contributed by atoms with van der Waals surface area (Å²) < 4.78 is 30.3. The number of rotatable bonds is 5. The molecule has 2 nitrogen and oxygen atoms in total. The summed E-state index contributed by atoms with van der Waals surface area (Å²) in [5, 5.41) is 2.75. The van der Waals surface area contributed by atoms with E-state index in [9.17, 15) is 13.6 Å². The summed E-state index contributed by atoms with van der Waals surface area (Å²) in [6.07, 6.45) is 2.03. The van der Waals surface area contributed by atoms with Gasteiger partial charge in [0.2, 0.25) is 0 Å². The molecule has 0 saturated heterocycles. The van der Waals surface area contributed by atoms with Gasteiger partial charge in [-0.3, -0.25) is 4.79 Å². The lowest BCUT2D eigenvalue weighted by Crippen LogP contribution is -2.13. The fraction of sp³-hybridized carbons (Fsp3) is 0.190. The molecule has 2 aromatic carbocycles. The van der Waals surface area contributed by atoms with Crippen LogP contribution in [0.1, 0.15) is 18.4 Å². The lowest BCUT2D eigenvalue weighted by Gasteiger charge is -2.06. The fourth-order valence-corrected chi connectivity index (χ4v) is 3.72. The summed E-state index contributed by atoms with van der Waals surface area (Å²) in [6, 6.07) is 12.2. The van der Waals surface area contributed by atoms with Crippen molar-refractivity contribution in [2.45, 2.75) is 19.0 Å². The van der Waals surface area contributed by atoms with Crippen molar-refractivity contribution < 1.29 is 13.6 Å². The number of alkyl halides is 1. The van der Waals surface area contributed by atoms with Gasteiger partial charge in [0.25, 0.3) is 5.91 Å². The molecule has 2 aromatic rings. The van der Waals surface area contributed by atoms with Crippen LogP contribution >= 0.6 is 43.5 Å². The average molecular weight is 532 g/mol. The first-order chi connectivity index (χ1) is 13.3. The number of hydrogen-bond donors (Lipinski definition) is 1. The minimum absolute atomic E-state index is 0.124. The molecule has 146 valence electrons. The van der Waals surface area contributed by atoms with Gasteiger partial charge in [0.1, 0.15) is 6.17 Å². The van der Waals surface area contributed by atoms with Crippen molar-refractivity contribution >= 4 is 55.1 Å². The second-order valence-corrected chi connectivity index (χ2v) is 8.63. The number of carbonyl (C=O) groups is 1. The first-order valence-corrected chi connectivity index (χ1v) is 10.5. The summed E-state index contributed by atoms with van der Waals surface area (Å²) in [6.45, 7) is 1.47. The second kappa shape index (κ2) is 8.89. The number of amides is 1. The Labute approximate surface area is 183 Å². The zero-order valence-corrected chi connectivity index (χ0v) is 18.7. The average Bonchev–Trinajstić information content (AvgIpc) is 3.32. The topological polar surface area (TPSA) is 29.1 Å². The Morgan fingerprint density at radius 1 is 1.18 bits per heavy atom. The van der Waals surface area contributed by atoms with Crippen molar-refractivity contribution in [3.05, 3.63) is 85.5 Å². The molecule has 3 unspecified atom stereocenters. The predicted octanol–water partition coefficient (Wildman–Crippen LogP) is 7.35. The molecular weight excluding hydrogens is 515 g/mol. The Morgan fingerprint density at radius 2 is 1.89 bits per heavy atom. The highest BCUT2D eigenvalue weighted by Gasteiger charge is 2.50. The third kappa shape index (κ3) is 4.73. The zero-order chi connectivity index (χ0) is 20.4. The standard InChI is InChI=1S/C21H16Br2ClF2NO/c1-11(19(25)21(28)27-17-5-3-2-4-16(17)24)6-8-13-18(20(13)26)12-7-9-14(22)15(23)10-12/h2-10,13,18,20H,1H3,(H,27,28)/b8-6+,19-11+. The summed E-state index contributed by atoms with van der Waals surface area (Å²) in [5.74, 6) is -2.44. The molecule has 3 atom stereocenters. The quantitative estimate of drug-likeness (QED) is 0.317. The van der Waals surface area contributed by atoms with Crippen molar-refractivity contribution in [2.24, 2.45) is 5.92 Å². The Morgan fingerprint density at radius 3 is 2.57 bits per heavy atom. The van der Waals surface area contributed by atoms with E-state index in [-0.39, 0.29) is 17.4 Å². The molecule has 0 bridgehead atoms.